The molecule has 0 saturated carbocycles. The largest absolute Gasteiger partial charge is 0.457 e. The van der Waals surface area contributed by atoms with Gasteiger partial charge in [-0.3, -0.25) is 4.90 Å². The van der Waals surface area contributed by atoms with Crippen LogP contribution in [0.5, 0.6) is 0 Å². The van der Waals surface area contributed by atoms with Crippen molar-refractivity contribution in [2.45, 2.75) is 71.5 Å². The molecule has 1 fully saturated rings. The molecule has 0 aromatic carbocycles. The summed E-state index contributed by atoms with van der Waals surface area (Å²) in [6.07, 6.45) is 3.77. The lowest BCUT2D eigenvalue weighted by molar-refractivity contribution is -0.131. The summed E-state index contributed by atoms with van der Waals surface area (Å²) in [5, 5.41) is 0. The van der Waals surface area contributed by atoms with Gasteiger partial charge in [0.1, 0.15) is 24.7 Å². The summed E-state index contributed by atoms with van der Waals surface area (Å²) >= 11 is 0. The molecular weight excluding hydrogens is 286 g/mol. The molecule has 126 valence electrons. The van der Waals surface area contributed by atoms with Crippen molar-refractivity contribution in [1.29, 1.82) is 0 Å². The minimum atomic E-state index is -0.643. The quantitative estimate of drug-likeness (QED) is 0.799. The lowest BCUT2D eigenvalue weighted by Gasteiger charge is -2.36. The van der Waals surface area contributed by atoms with Gasteiger partial charge in [-0.25, -0.2) is 4.79 Å². The van der Waals surface area contributed by atoms with Gasteiger partial charge in [0.25, 0.3) is 0 Å². The van der Waals surface area contributed by atoms with Gasteiger partial charge in [0, 0.05) is 20.4 Å². The number of nitrogens with zero attached hydrogens (tertiary/aromatic N) is 1. The Morgan fingerprint density at radius 3 is 2.73 bits per heavy atom. The molecule has 0 N–H and O–H groups in total. The summed E-state index contributed by atoms with van der Waals surface area (Å²) in [6.45, 7) is 10.2. The molecule has 1 atom stereocenters. The topological polar surface area (TPSA) is 57.2 Å². The smallest absolute Gasteiger partial charge is 0.412 e. The third kappa shape index (κ3) is 4.80. The third-order valence-electron chi connectivity index (χ3n) is 3.34. The maximum atomic E-state index is 12.3. The summed E-state index contributed by atoms with van der Waals surface area (Å²) in [5.74, 6) is -0.00413. The van der Waals surface area contributed by atoms with Crippen LogP contribution < -0.4 is 0 Å². The third-order valence-corrected chi connectivity index (χ3v) is 3.34. The van der Waals surface area contributed by atoms with Crippen LogP contribution in [0.3, 0.4) is 0 Å². The van der Waals surface area contributed by atoms with E-state index >= 15 is 0 Å². The Labute approximate surface area is 132 Å². The van der Waals surface area contributed by atoms with Crippen LogP contribution in [0.2, 0.25) is 0 Å². The van der Waals surface area contributed by atoms with Crippen molar-refractivity contribution >= 4 is 6.09 Å². The molecule has 0 spiro atoms. The normalized spacial score (nSPS) is 24.3. The number of piperidine rings is 1. The lowest BCUT2D eigenvalue weighted by Crippen LogP contribution is -2.47. The highest BCUT2D eigenvalue weighted by molar-refractivity contribution is 5.68. The van der Waals surface area contributed by atoms with E-state index in [-0.39, 0.29) is 18.9 Å². The molecule has 2 aliphatic rings. The van der Waals surface area contributed by atoms with Gasteiger partial charge < -0.3 is 18.9 Å². The number of amides is 1. The lowest BCUT2D eigenvalue weighted by atomic mass is 10.1. The van der Waals surface area contributed by atoms with Crippen LogP contribution >= 0.6 is 0 Å². The van der Waals surface area contributed by atoms with E-state index in [1.54, 1.807) is 11.2 Å². The van der Waals surface area contributed by atoms with Crippen LogP contribution in [0.15, 0.2) is 12.0 Å². The van der Waals surface area contributed by atoms with Crippen molar-refractivity contribution < 1.29 is 23.7 Å². The standard InChI is InChI=1S/C16H27NO5/c1-15(2,3)22-14(18)17-9-7-6-8-13(17)19-10-12-11-20-16(4,5)21-12/h11,13H,6-10H2,1-5H3. The Morgan fingerprint density at radius 1 is 1.41 bits per heavy atom. The van der Waals surface area contributed by atoms with E-state index in [1.165, 1.54) is 0 Å². The number of hydrogen-bond donors (Lipinski definition) is 0. The fourth-order valence-corrected chi connectivity index (χ4v) is 2.42. The molecule has 2 aliphatic heterocycles. The minimum Gasteiger partial charge on any atom is -0.457 e. The predicted octanol–water partition coefficient (Wildman–Crippen LogP) is 3.37. The highest BCUT2D eigenvalue weighted by Gasteiger charge is 2.33. The molecule has 1 unspecified atom stereocenters. The highest BCUT2D eigenvalue weighted by atomic mass is 16.7. The first-order valence-electron chi connectivity index (χ1n) is 7.83. The fourth-order valence-electron chi connectivity index (χ4n) is 2.42. The highest BCUT2D eigenvalue weighted by Crippen LogP contribution is 2.26. The summed E-state index contributed by atoms with van der Waals surface area (Å²) in [5.41, 5.74) is -0.506. The molecule has 2 rings (SSSR count). The van der Waals surface area contributed by atoms with Gasteiger partial charge in [0.05, 0.1) is 0 Å². The number of carbonyl (C=O) groups is 1. The van der Waals surface area contributed by atoms with Crippen LogP contribution in [-0.2, 0) is 18.9 Å². The van der Waals surface area contributed by atoms with Gasteiger partial charge in [-0.05, 0) is 40.0 Å². The average molecular weight is 313 g/mol. The maximum Gasteiger partial charge on any atom is 0.412 e. The zero-order valence-electron chi connectivity index (χ0n) is 14.2. The zero-order valence-corrected chi connectivity index (χ0v) is 14.2. The van der Waals surface area contributed by atoms with Crippen molar-refractivity contribution in [3.05, 3.63) is 12.0 Å². The van der Waals surface area contributed by atoms with E-state index in [2.05, 4.69) is 0 Å². The number of carbonyl (C=O) groups excluding carboxylic acids is 1. The molecular formula is C16H27NO5. The maximum absolute atomic E-state index is 12.3. The summed E-state index contributed by atoms with van der Waals surface area (Å²) < 4.78 is 22.3. The predicted molar refractivity (Wildman–Crippen MR) is 80.9 cm³/mol. The van der Waals surface area contributed by atoms with Crippen molar-refractivity contribution in [1.82, 2.24) is 4.90 Å². The molecule has 1 amide bonds. The van der Waals surface area contributed by atoms with Crippen molar-refractivity contribution in [3.63, 3.8) is 0 Å². The van der Waals surface area contributed by atoms with E-state index in [1.807, 2.05) is 34.6 Å². The van der Waals surface area contributed by atoms with E-state index in [9.17, 15) is 4.79 Å². The van der Waals surface area contributed by atoms with E-state index in [0.717, 1.165) is 19.3 Å². The summed E-state index contributed by atoms with van der Waals surface area (Å²) in [7, 11) is 0. The van der Waals surface area contributed by atoms with Crippen LogP contribution in [-0.4, -0.2) is 41.8 Å². The second-order valence-electron chi connectivity index (χ2n) is 7.14. The molecule has 0 aliphatic carbocycles. The first-order chi connectivity index (χ1) is 10.2. The number of ether oxygens (including phenoxy) is 4. The van der Waals surface area contributed by atoms with Crippen LogP contribution in [0.1, 0.15) is 53.9 Å². The van der Waals surface area contributed by atoms with Crippen molar-refractivity contribution in [2.75, 3.05) is 13.2 Å². The molecule has 0 radical (unpaired) electrons. The van der Waals surface area contributed by atoms with Crippen molar-refractivity contribution in [3.8, 4) is 0 Å². The van der Waals surface area contributed by atoms with Gasteiger partial charge in [-0.2, -0.15) is 0 Å². The zero-order chi connectivity index (χ0) is 16.4. The van der Waals surface area contributed by atoms with Gasteiger partial charge in [-0.1, -0.05) is 0 Å². The Hall–Kier alpha value is -1.43. The van der Waals surface area contributed by atoms with E-state index in [0.29, 0.717) is 12.3 Å². The van der Waals surface area contributed by atoms with E-state index in [4.69, 9.17) is 18.9 Å². The fraction of sp³-hybridized carbons (Fsp3) is 0.812. The second-order valence-corrected chi connectivity index (χ2v) is 7.14. The van der Waals surface area contributed by atoms with Crippen molar-refractivity contribution in [2.24, 2.45) is 0 Å². The molecule has 0 aromatic heterocycles. The van der Waals surface area contributed by atoms with E-state index < -0.39 is 11.4 Å². The Bertz CT molecular complexity index is 438. The molecule has 0 bridgehead atoms. The average Bonchev–Trinajstić information content (AvgIpc) is 2.74. The van der Waals surface area contributed by atoms with Gasteiger partial charge >= 0.3 is 6.09 Å². The summed E-state index contributed by atoms with van der Waals surface area (Å²) in [4.78, 5) is 13.9. The molecule has 1 saturated heterocycles. The number of hydrogen-bond acceptors (Lipinski definition) is 5. The molecule has 6 nitrogen and oxygen atoms in total. The molecule has 0 aromatic rings. The monoisotopic (exact) mass is 313 g/mol. The number of rotatable bonds is 3. The van der Waals surface area contributed by atoms with Crippen LogP contribution in [0, 0.1) is 0 Å². The Balaban J connectivity index is 1.89. The van der Waals surface area contributed by atoms with Gasteiger partial charge in [-0.15, -0.1) is 0 Å². The van der Waals surface area contributed by atoms with Crippen LogP contribution in [0.25, 0.3) is 0 Å². The van der Waals surface area contributed by atoms with Crippen LogP contribution in [0.4, 0.5) is 4.79 Å². The van der Waals surface area contributed by atoms with Gasteiger partial charge in [0.15, 0.2) is 5.76 Å². The Kier molecular flexibility index (Phi) is 4.90. The SMILES string of the molecule is CC(C)(C)OC(=O)N1CCCCC1OCC1=COC(C)(C)O1. The molecule has 6 heteroatoms. The molecule has 22 heavy (non-hydrogen) atoms. The Morgan fingerprint density at radius 2 is 2.14 bits per heavy atom. The number of likely N-dealkylation sites (tertiary alicyclic amines) is 1. The second kappa shape index (κ2) is 6.36. The minimum absolute atomic E-state index is 0.281. The first kappa shape index (κ1) is 16.9. The van der Waals surface area contributed by atoms with Gasteiger partial charge in [0.2, 0.25) is 5.79 Å². The first-order valence-corrected chi connectivity index (χ1v) is 7.83. The molecule has 2 heterocycles. The summed E-state index contributed by atoms with van der Waals surface area (Å²) in [6, 6.07) is 0.